The van der Waals surface area contributed by atoms with Crippen LogP contribution in [0.4, 0.5) is 0 Å². The second kappa shape index (κ2) is 35.4. The Hall–Kier alpha value is 0.0500. The standard InChI is InChI=1S/C35H69O8P.Na/c1-3-5-7-9-11-13-15-17-19-21-23-25-27-29-34(36)41-31-33(32-42-44(38,39)40)43-35(37)30-28-26-24-22-20-18-16-14-12-10-8-6-4-2;/h33H,3-32H2,1-2H3,(H2,38,39,40);/q;+1/p-1. The van der Waals surface area contributed by atoms with Crippen LogP contribution in [0.5, 0.6) is 0 Å². The summed E-state index contributed by atoms with van der Waals surface area (Å²) in [7, 11) is -4.99. The molecule has 0 heterocycles. The number of hydrogen-bond acceptors (Lipinski definition) is 7. The van der Waals surface area contributed by atoms with Crippen LogP contribution in [0.2, 0.25) is 0 Å². The van der Waals surface area contributed by atoms with Crippen LogP contribution in [-0.4, -0.2) is 36.1 Å². The van der Waals surface area contributed by atoms with Crippen LogP contribution in [0.1, 0.15) is 194 Å². The Morgan fingerprint density at radius 1 is 0.556 bits per heavy atom. The largest absolute Gasteiger partial charge is 1.00 e. The molecule has 10 heteroatoms. The molecule has 0 aliphatic heterocycles. The van der Waals surface area contributed by atoms with Gasteiger partial charge in [-0.15, -0.1) is 0 Å². The Labute approximate surface area is 298 Å². The van der Waals surface area contributed by atoms with Gasteiger partial charge in [-0.05, 0) is 12.8 Å². The predicted molar refractivity (Wildman–Crippen MR) is 177 cm³/mol. The summed E-state index contributed by atoms with van der Waals surface area (Å²) in [5, 5.41) is 0. The van der Waals surface area contributed by atoms with Gasteiger partial charge in [0.25, 0.3) is 7.82 Å². The summed E-state index contributed by atoms with van der Waals surface area (Å²) in [5.41, 5.74) is 0. The van der Waals surface area contributed by atoms with E-state index in [2.05, 4.69) is 18.4 Å². The van der Waals surface area contributed by atoms with E-state index >= 15 is 0 Å². The molecule has 0 aliphatic rings. The zero-order valence-corrected chi connectivity index (χ0v) is 32.4. The number of carbonyl (C=O) groups excluding carboxylic acids is 2. The molecule has 1 N–H and O–H groups in total. The molecule has 262 valence electrons. The molecule has 0 aromatic heterocycles. The molecule has 0 saturated heterocycles. The quantitative estimate of drug-likeness (QED) is 0.0340. The summed E-state index contributed by atoms with van der Waals surface area (Å²) in [6.45, 7) is 3.59. The topological polar surface area (TPSA) is 122 Å². The fraction of sp³-hybridized carbons (Fsp3) is 0.943. The van der Waals surface area contributed by atoms with Crippen molar-refractivity contribution < 1.29 is 67.5 Å². The van der Waals surface area contributed by atoms with Gasteiger partial charge in [-0.3, -0.25) is 14.2 Å². The number of rotatable bonds is 34. The maximum atomic E-state index is 12.3. The molecule has 0 rings (SSSR count). The van der Waals surface area contributed by atoms with E-state index < -0.39 is 32.5 Å². The van der Waals surface area contributed by atoms with Gasteiger partial charge in [-0.25, -0.2) is 0 Å². The molecule has 0 saturated carbocycles. The van der Waals surface area contributed by atoms with Crippen molar-refractivity contribution in [2.24, 2.45) is 0 Å². The number of phosphoric ester groups is 1. The van der Waals surface area contributed by atoms with Gasteiger partial charge in [0.05, 0.1) is 6.61 Å². The molecule has 0 aromatic carbocycles. The van der Waals surface area contributed by atoms with Crippen molar-refractivity contribution in [2.75, 3.05) is 13.2 Å². The summed E-state index contributed by atoms with van der Waals surface area (Å²) in [5.74, 6) is -0.909. The number of hydrogen-bond donors (Lipinski definition) is 1. The maximum absolute atomic E-state index is 12.3. The Morgan fingerprint density at radius 3 is 1.20 bits per heavy atom. The molecular weight excluding hydrogens is 602 g/mol. The number of unbranched alkanes of at least 4 members (excludes halogenated alkanes) is 24. The van der Waals surface area contributed by atoms with Gasteiger partial charge in [-0.2, -0.15) is 0 Å². The zero-order valence-electron chi connectivity index (χ0n) is 29.5. The van der Waals surface area contributed by atoms with Crippen LogP contribution >= 0.6 is 7.82 Å². The van der Waals surface area contributed by atoms with E-state index in [4.69, 9.17) is 14.4 Å². The van der Waals surface area contributed by atoms with Crippen molar-refractivity contribution in [1.29, 1.82) is 0 Å². The Kier molecular flexibility index (Phi) is 37.1. The average Bonchev–Trinajstić information content (AvgIpc) is 2.98. The van der Waals surface area contributed by atoms with Crippen LogP contribution in [0, 0.1) is 0 Å². The first-order valence-corrected chi connectivity index (χ1v) is 19.8. The van der Waals surface area contributed by atoms with E-state index in [-0.39, 0.29) is 49.0 Å². The molecule has 0 radical (unpaired) electrons. The first-order chi connectivity index (χ1) is 21.3. The average molecular weight is 671 g/mol. The van der Waals surface area contributed by atoms with Gasteiger partial charge in [-0.1, -0.05) is 168 Å². The van der Waals surface area contributed by atoms with Crippen LogP contribution in [0.15, 0.2) is 0 Å². The van der Waals surface area contributed by atoms with Crippen LogP contribution < -0.4 is 34.5 Å². The molecule has 0 aliphatic carbocycles. The molecular formula is C35H68NaO8P. The minimum absolute atomic E-state index is 0. The van der Waals surface area contributed by atoms with Crippen molar-refractivity contribution in [2.45, 2.75) is 200 Å². The van der Waals surface area contributed by atoms with Gasteiger partial charge in [0, 0.05) is 12.8 Å². The first kappa shape index (κ1) is 47.2. The summed E-state index contributed by atoms with van der Waals surface area (Å²) in [4.78, 5) is 44.4. The van der Waals surface area contributed by atoms with E-state index in [9.17, 15) is 19.0 Å². The summed E-state index contributed by atoms with van der Waals surface area (Å²) in [6, 6.07) is 0. The Morgan fingerprint density at radius 2 is 0.867 bits per heavy atom. The number of ether oxygens (including phenoxy) is 2. The summed E-state index contributed by atoms with van der Waals surface area (Å²) < 4.78 is 26.0. The minimum atomic E-state index is -4.99. The van der Waals surface area contributed by atoms with E-state index in [1.54, 1.807) is 0 Å². The second-order valence-corrected chi connectivity index (χ2v) is 13.7. The summed E-state index contributed by atoms with van der Waals surface area (Å²) >= 11 is 0. The number of carbonyl (C=O) groups is 2. The van der Waals surface area contributed by atoms with E-state index in [1.165, 1.54) is 122 Å². The molecule has 2 atom stereocenters. The first-order valence-electron chi connectivity index (χ1n) is 18.3. The normalized spacial score (nSPS) is 13.2. The zero-order chi connectivity index (χ0) is 32.6. The monoisotopic (exact) mass is 670 g/mol. The minimum Gasteiger partial charge on any atom is -0.756 e. The van der Waals surface area contributed by atoms with Gasteiger partial charge < -0.3 is 23.8 Å². The van der Waals surface area contributed by atoms with Crippen LogP contribution in [-0.2, 0) is 28.2 Å². The maximum Gasteiger partial charge on any atom is 1.00 e. The summed E-state index contributed by atoms with van der Waals surface area (Å²) in [6.07, 6.45) is 30.8. The predicted octanol–water partition coefficient (Wildman–Crippen LogP) is 6.89. The Balaban J connectivity index is 0. The van der Waals surface area contributed by atoms with Gasteiger partial charge in [0.15, 0.2) is 6.10 Å². The van der Waals surface area contributed by atoms with Gasteiger partial charge >= 0.3 is 41.5 Å². The fourth-order valence-electron chi connectivity index (χ4n) is 5.37. The third-order valence-corrected chi connectivity index (χ3v) is 8.60. The van der Waals surface area contributed by atoms with Gasteiger partial charge in [0.2, 0.25) is 0 Å². The van der Waals surface area contributed by atoms with E-state index in [0.29, 0.717) is 6.42 Å². The van der Waals surface area contributed by atoms with E-state index in [0.717, 1.165) is 38.5 Å². The molecule has 0 fully saturated rings. The van der Waals surface area contributed by atoms with Crippen molar-refractivity contribution in [1.82, 2.24) is 0 Å². The van der Waals surface area contributed by atoms with Crippen molar-refractivity contribution in [3.8, 4) is 0 Å². The second-order valence-electron chi connectivity index (χ2n) is 12.5. The number of esters is 2. The third-order valence-electron chi connectivity index (χ3n) is 8.12. The SMILES string of the molecule is CCCCCCCCCCCCCCCC(=O)OCC(COP(=O)([O-])O)OC(=O)CCCCCCCCCCCCCCC.[Na+]. The molecule has 8 nitrogen and oxygen atoms in total. The van der Waals surface area contributed by atoms with Crippen molar-refractivity contribution in [3.63, 3.8) is 0 Å². The molecule has 0 amide bonds. The molecule has 2 unspecified atom stereocenters. The number of phosphoric acid groups is 1. The van der Waals surface area contributed by atoms with Crippen molar-refractivity contribution >= 4 is 19.8 Å². The van der Waals surface area contributed by atoms with E-state index in [1.807, 2.05) is 0 Å². The fourth-order valence-corrected chi connectivity index (χ4v) is 5.73. The van der Waals surface area contributed by atoms with Crippen LogP contribution in [0.25, 0.3) is 0 Å². The van der Waals surface area contributed by atoms with Gasteiger partial charge in [0.1, 0.15) is 6.61 Å². The molecule has 0 spiro atoms. The van der Waals surface area contributed by atoms with Crippen LogP contribution in [0.3, 0.4) is 0 Å². The molecule has 0 aromatic rings. The van der Waals surface area contributed by atoms with Crippen molar-refractivity contribution in [3.05, 3.63) is 0 Å². The molecule has 45 heavy (non-hydrogen) atoms. The Bertz CT molecular complexity index is 703. The smallest absolute Gasteiger partial charge is 0.756 e. The third kappa shape index (κ3) is 38.4. The molecule has 0 bridgehead atoms.